The molecule has 6 nitrogen and oxygen atoms in total. The summed E-state index contributed by atoms with van der Waals surface area (Å²) in [6.45, 7) is 10.8. The summed E-state index contributed by atoms with van der Waals surface area (Å²) in [5, 5.41) is 6.29. The average Bonchev–Trinajstić information content (AvgIpc) is 3.15. The summed E-state index contributed by atoms with van der Waals surface area (Å²) in [5.74, 6) is 2.44. The minimum Gasteiger partial charge on any atom is -0.357 e. The molecule has 0 radical (unpaired) electrons. The highest BCUT2D eigenvalue weighted by Gasteiger charge is 2.29. The highest BCUT2D eigenvalue weighted by Crippen LogP contribution is 2.28. The molecule has 6 heteroatoms. The molecule has 0 aliphatic carbocycles. The third kappa shape index (κ3) is 5.71. The van der Waals surface area contributed by atoms with E-state index in [1.165, 1.54) is 19.3 Å². The van der Waals surface area contributed by atoms with Gasteiger partial charge in [-0.15, -0.1) is 0 Å². The Morgan fingerprint density at radius 1 is 1.35 bits per heavy atom. The van der Waals surface area contributed by atoms with E-state index in [-0.39, 0.29) is 5.91 Å². The van der Waals surface area contributed by atoms with Crippen molar-refractivity contribution in [2.45, 2.75) is 40.0 Å². The van der Waals surface area contributed by atoms with Crippen molar-refractivity contribution in [3.63, 3.8) is 0 Å². The summed E-state index contributed by atoms with van der Waals surface area (Å²) < 4.78 is 0. The largest absolute Gasteiger partial charge is 0.357 e. The number of carbonyl (C=O) groups excluding carboxylic acids is 1. The Kier molecular flexibility index (Phi) is 8.38. The lowest BCUT2D eigenvalue weighted by molar-refractivity contribution is 0.0954. The monoisotopic (exact) mass is 359 g/mol. The molecule has 1 aliphatic heterocycles. The number of rotatable bonds is 8. The third-order valence-corrected chi connectivity index (χ3v) is 5.16. The van der Waals surface area contributed by atoms with Gasteiger partial charge < -0.3 is 15.5 Å². The first-order valence-corrected chi connectivity index (χ1v) is 9.91. The van der Waals surface area contributed by atoms with Crippen molar-refractivity contribution in [1.82, 2.24) is 20.5 Å². The van der Waals surface area contributed by atoms with Gasteiger partial charge in [0.05, 0.1) is 12.1 Å². The van der Waals surface area contributed by atoms with Crippen LogP contribution in [0.15, 0.2) is 29.5 Å². The summed E-state index contributed by atoms with van der Waals surface area (Å²) in [6.07, 6.45) is 6.99. The number of carbonyl (C=O) groups is 1. The van der Waals surface area contributed by atoms with Crippen molar-refractivity contribution in [2.75, 3.05) is 32.7 Å². The predicted octanol–water partition coefficient (Wildman–Crippen LogP) is 2.54. The summed E-state index contributed by atoms with van der Waals surface area (Å²) in [6, 6.07) is 3.53. The van der Waals surface area contributed by atoms with E-state index in [2.05, 4.69) is 41.3 Å². The molecule has 26 heavy (non-hydrogen) atoms. The van der Waals surface area contributed by atoms with Crippen molar-refractivity contribution in [1.29, 1.82) is 0 Å². The molecule has 2 N–H and O–H groups in total. The molecular formula is C20H33N5O. The summed E-state index contributed by atoms with van der Waals surface area (Å²) in [7, 11) is 0. The summed E-state index contributed by atoms with van der Waals surface area (Å²) >= 11 is 0. The van der Waals surface area contributed by atoms with Gasteiger partial charge >= 0.3 is 0 Å². The van der Waals surface area contributed by atoms with Crippen molar-refractivity contribution in [3.05, 3.63) is 30.1 Å². The topological polar surface area (TPSA) is 69.6 Å². The maximum atomic E-state index is 12.0. The van der Waals surface area contributed by atoms with Gasteiger partial charge in [0.2, 0.25) is 0 Å². The molecule has 1 unspecified atom stereocenters. The molecule has 0 bridgehead atoms. The number of likely N-dealkylation sites (tertiary alicyclic amines) is 1. The lowest BCUT2D eigenvalue weighted by Gasteiger charge is -2.24. The first kappa shape index (κ1) is 20.2. The lowest BCUT2D eigenvalue weighted by atomic mass is 9.87. The van der Waals surface area contributed by atoms with Crippen molar-refractivity contribution in [3.8, 4) is 0 Å². The van der Waals surface area contributed by atoms with E-state index in [4.69, 9.17) is 4.99 Å². The first-order valence-electron chi connectivity index (χ1n) is 9.91. The molecule has 1 fully saturated rings. The van der Waals surface area contributed by atoms with Gasteiger partial charge in [-0.1, -0.05) is 26.7 Å². The van der Waals surface area contributed by atoms with E-state index in [0.717, 1.165) is 37.4 Å². The van der Waals surface area contributed by atoms with E-state index in [1.54, 1.807) is 24.5 Å². The van der Waals surface area contributed by atoms with Crippen molar-refractivity contribution >= 4 is 11.9 Å². The van der Waals surface area contributed by atoms with Crippen LogP contribution >= 0.6 is 0 Å². The van der Waals surface area contributed by atoms with Gasteiger partial charge in [-0.05, 0) is 37.3 Å². The number of pyridine rings is 1. The molecule has 0 aromatic carbocycles. The Hall–Kier alpha value is -2.11. The van der Waals surface area contributed by atoms with Crippen LogP contribution in [0, 0.1) is 11.8 Å². The molecule has 1 atom stereocenters. The van der Waals surface area contributed by atoms with Crippen LogP contribution in [0.3, 0.4) is 0 Å². The molecule has 144 valence electrons. The second-order valence-corrected chi connectivity index (χ2v) is 6.80. The SMILES string of the molecule is CCNC(=NCCNC(=O)c1cccnc1)N1CCC(C(CC)CC)C1. The van der Waals surface area contributed by atoms with Crippen molar-refractivity contribution < 1.29 is 4.79 Å². The van der Waals surface area contributed by atoms with E-state index in [1.807, 2.05) is 0 Å². The van der Waals surface area contributed by atoms with Gasteiger partial charge in [-0.3, -0.25) is 14.8 Å². The minimum absolute atomic E-state index is 0.103. The lowest BCUT2D eigenvalue weighted by Crippen LogP contribution is -2.41. The van der Waals surface area contributed by atoms with Crippen LogP contribution in [0.5, 0.6) is 0 Å². The van der Waals surface area contributed by atoms with Crippen LogP contribution < -0.4 is 10.6 Å². The van der Waals surface area contributed by atoms with Crippen LogP contribution in [-0.4, -0.2) is 54.5 Å². The molecule has 1 saturated heterocycles. The maximum Gasteiger partial charge on any atom is 0.252 e. The standard InChI is InChI=1S/C20H33N5O/c1-4-16(5-2)18-9-13-25(15-18)20(22-6-3)24-12-11-23-19(26)17-8-7-10-21-14-17/h7-8,10,14,16,18H,4-6,9,11-13,15H2,1-3H3,(H,22,24)(H,23,26). The second-order valence-electron chi connectivity index (χ2n) is 6.80. The fourth-order valence-corrected chi connectivity index (χ4v) is 3.68. The normalized spacial score (nSPS) is 17.6. The van der Waals surface area contributed by atoms with Gasteiger partial charge in [0.15, 0.2) is 5.96 Å². The van der Waals surface area contributed by atoms with Gasteiger partial charge in [-0.2, -0.15) is 0 Å². The zero-order chi connectivity index (χ0) is 18.8. The quantitative estimate of drug-likeness (QED) is 0.425. The fraction of sp³-hybridized carbons (Fsp3) is 0.650. The van der Waals surface area contributed by atoms with E-state index >= 15 is 0 Å². The molecule has 2 heterocycles. The zero-order valence-electron chi connectivity index (χ0n) is 16.4. The molecule has 1 aromatic rings. The Bertz CT molecular complexity index is 571. The van der Waals surface area contributed by atoms with Gasteiger partial charge in [0.1, 0.15) is 0 Å². The van der Waals surface area contributed by atoms with Crippen LogP contribution in [0.4, 0.5) is 0 Å². The number of guanidine groups is 1. The number of hydrogen-bond donors (Lipinski definition) is 2. The molecule has 1 amide bonds. The number of nitrogens with one attached hydrogen (secondary N) is 2. The van der Waals surface area contributed by atoms with Gasteiger partial charge in [0, 0.05) is 38.6 Å². The molecule has 1 aliphatic rings. The Morgan fingerprint density at radius 3 is 2.81 bits per heavy atom. The van der Waals surface area contributed by atoms with Gasteiger partial charge in [0.25, 0.3) is 5.91 Å². The third-order valence-electron chi connectivity index (χ3n) is 5.16. The van der Waals surface area contributed by atoms with Crippen LogP contribution in [0.1, 0.15) is 50.4 Å². The number of aromatic nitrogens is 1. The van der Waals surface area contributed by atoms with E-state index in [9.17, 15) is 4.79 Å². The summed E-state index contributed by atoms with van der Waals surface area (Å²) in [4.78, 5) is 23.1. The molecule has 0 saturated carbocycles. The predicted molar refractivity (Wildman–Crippen MR) is 106 cm³/mol. The van der Waals surface area contributed by atoms with E-state index < -0.39 is 0 Å². The Labute approximate surface area is 157 Å². The first-order chi connectivity index (χ1) is 12.7. The fourth-order valence-electron chi connectivity index (χ4n) is 3.68. The highest BCUT2D eigenvalue weighted by atomic mass is 16.1. The Morgan fingerprint density at radius 2 is 2.15 bits per heavy atom. The number of nitrogens with zero attached hydrogens (tertiary/aromatic N) is 3. The Balaban J connectivity index is 1.84. The van der Waals surface area contributed by atoms with Gasteiger partial charge in [-0.25, -0.2) is 0 Å². The second kappa shape index (κ2) is 10.8. The average molecular weight is 360 g/mol. The number of hydrogen-bond acceptors (Lipinski definition) is 3. The smallest absolute Gasteiger partial charge is 0.252 e. The number of aliphatic imine (C=N–C) groups is 1. The van der Waals surface area contributed by atoms with E-state index in [0.29, 0.717) is 18.7 Å². The highest BCUT2D eigenvalue weighted by molar-refractivity contribution is 5.93. The number of amides is 1. The van der Waals surface area contributed by atoms with Crippen LogP contribution in [0.25, 0.3) is 0 Å². The molecule has 2 rings (SSSR count). The molecular weight excluding hydrogens is 326 g/mol. The molecule has 0 spiro atoms. The summed E-state index contributed by atoms with van der Waals surface area (Å²) in [5.41, 5.74) is 0.580. The maximum absolute atomic E-state index is 12.0. The minimum atomic E-state index is -0.103. The van der Waals surface area contributed by atoms with Crippen LogP contribution in [-0.2, 0) is 0 Å². The molecule has 1 aromatic heterocycles. The van der Waals surface area contributed by atoms with Crippen LogP contribution in [0.2, 0.25) is 0 Å². The van der Waals surface area contributed by atoms with Crippen molar-refractivity contribution in [2.24, 2.45) is 16.8 Å². The zero-order valence-corrected chi connectivity index (χ0v) is 16.4.